The first-order valence-electron chi connectivity index (χ1n) is 10.4. The molecule has 3 rings (SSSR count). The summed E-state index contributed by atoms with van der Waals surface area (Å²) in [7, 11) is 0. The first-order valence-corrected chi connectivity index (χ1v) is 11.6. The molecular weight excluding hydrogens is 502 g/mol. The largest absolute Gasteiger partial charge is 0.493 e. The molecule has 2 N–H and O–H groups in total. The molecule has 0 aliphatic rings. The molecule has 0 aromatic heterocycles. The van der Waals surface area contributed by atoms with Crippen molar-refractivity contribution in [3.8, 4) is 5.75 Å². The summed E-state index contributed by atoms with van der Waals surface area (Å²) in [5.74, 6) is 0.108. The molecule has 0 unspecified atom stereocenters. The number of thiocarbonyl (C=S) groups is 1. The van der Waals surface area contributed by atoms with Crippen LogP contribution in [0.2, 0.25) is 0 Å². The fourth-order valence-corrected chi connectivity index (χ4v) is 3.91. The zero-order valence-corrected chi connectivity index (χ0v) is 20.7. The van der Waals surface area contributed by atoms with Crippen LogP contribution in [0, 0.1) is 0 Å². The van der Waals surface area contributed by atoms with Crippen LogP contribution < -0.4 is 20.3 Å². The van der Waals surface area contributed by atoms with Crippen molar-refractivity contribution in [3.05, 3.63) is 88.4 Å². The predicted molar refractivity (Wildman–Crippen MR) is 139 cm³/mol. The molecule has 0 fully saturated rings. The topological polar surface area (TPSA) is 70.7 Å². The van der Waals surface area contributed by atoms with E-state index in [4.69, 9.17) is 17.0 Å². The first kappa shape index (κ1) is 24.4. The quantitative estimate of drug-likeness (QED) is 0.390. The lowest BCUT2D eigenvalue weighted by Crippen LogP contribution is -2.35. The highest BCUT2D eigenvalue weighted by Gasteiger charge is 2.20. The third kappa shape index (κ3) is 6.18. The van der Waals surface area contributed by atoms with E-state index < -0.39 is 0 Å². The van der Waals surface area contributed by atoms with Crippen molar-refractivity contribution >= 4 is 56.4 Å². The Kier molecular flexibility index (Phi) is 8.57. The number of halogens is 1. The predicted octanol–water partition coefficient (Wildman–Crippen LogP) is 5.64. The summed E-state index contributed by atoms with van der Waals surface area (Å²) >= 11 is 8.75. The molecule has 0 radical (unpaired) electrons. The number of nitrogens with one attached hydrogen (secondary N) is 2. The van der Waals surface area contributed by atoms with Gasteiger partial charge in [-0.2, -0.15) is 0 Å². The number of nitrogens with zero attached hydrogens (tertiary/aromatic N) is 1. The molecule has 170 valence electrons. The smallest absolute Gasteiger partial charge is 0.260 e. The number of benzene rings is 3. The molecule has 0 bridgehead atoms. The Bertz CT molecular complexity index is 1150. The number of para-hydroxylation sites is 2. The summed E-state index contributed by atoms with van der Waals surface area (Å²) in [6.07, 6.45) is 0. The van der Waals surface area contributed by atoms with Crippen LogP contribution >= 0.6 is 28.1 Å². The zero-order valence-electron chi connectivity index (χ0n) is 18.3. The third-order valence-corrected chi connectivity index (χ3v) is 5.58. The van der Waals surface area contributed by atoms with Crippen LogP contribution in [0.4, 0.5) is 11.4 Å². The molecule has 0 aliphatic heterocycles. The van der Waals surface area contributed by atoms with E-state index in [1.165, 1.54) is 0 Å². The summed E-state index contributed by atoms with van der Waals surface area (Å²) in [4.78, 5) is 27.6. The molecule has 6 nitrogen and oxygen atoms in total. The van der Waals surface area contributed by atoms with Crippen molar-refractivity contribution in [2.75, 3.05) is 23.4 Å². The van der Waals surface area contributed by atoms with Gasteiger partial charge < -0.3 is 15.0 Å². The van der Waals surface area contributed by atoms with Gasteiger partial charge >= 0.3 is 0 Å². The summed E-state index contributed by atoms with van der Waals surface area (Å²) in [6, 6.07) is 21.6. The van der Waals surface area contributed by atoms with Crippen LogP contribution in [0.1, 0.15) is 34.6 Å². The normalized spacial score (nSPS) is 10.3. The second kappa shape index (κ2) is 11.6. The molecule has 33 heavy (non-hydrogen) atoms. The van der Waals surface area contributed by atoms with Crippen LogP contribution in [0.5, 0.6) is 5.75 Å². The molecule has 2 amide bonds. The van der Waals surface area contributed by atoms with E-state index in [9.17, 15) is 9.59 Å². The maximum atomic E-state index is 13.3. The lowest BCUT2D eigenvalue weighted by molar-refractivity contribution is 0.0974. The van der Waals surface area contributed by atoms with Gasteiger partial charge in [-0.3, -0.25) is 14.9 Å². The minimum atomic E-state index is -0.375. The number of hydrogen-bond acceptors (Lipinski definition) is 4. The van der Waals surface area contributed by atoms with E-state index in [-0.39, 0.29) is 16.9 Å². The van der Waals surface area contributed by atoms with E-state index >= 15 is 0 Å². The lowest BCUT2D eigenvalue weighted by Gasteiger charge is -2.23. The second-order valence-electron chi connectivity index (χ2n) is 6.92. The van der Waals surface area contributed by atoms with E-state index in [1.54, 1.807) is 47.4 Å². The Morgan fingerprint density at radius 3 is 2.36 bits per heavy atom. The number of hydrogen-bond donors (Lipinski definition) is 2. The zero-order chi connectivity index (χ0) is 23.8. The second-order valence-corrected chi connectivity index (χ2v) is 8.18. The standard InChI is InChI=1S/C25H24BrN3O3S/c1-3-29(18-10-6-5-7-11-18)24(31)19-12-8-9-13-21(19)27-25(33)28-23(30)17-14-15-22(32-4-2)20(26)16-17/h5-16H,3-4H2,1-2H3,(H2,27,28,30,33). The highest BCUT2D eigenvalue weighted by molar-refractivity contribution is 9.10. The molecule has 0 heterocycles. The summed E-state index contributed by atoms with van der Waals surface area (Å²) < 4.78 is 6.15. The highest BCUT2D eigenvalue weighted by atomic mass is 79.9. The van der Waals surface area contributed by atoms with Crippen LogP contribution in [0.15, 0.2) is 77.3 Å². The fraction of sp³-hybridized carbons (Fsp3) is 0.160. The maximum absolute atomic E-state index is 13.3. The van der Waals surface area contributed by atoms with Crippen molar-refractivity contribution < 1.29 is 14.3 Å². The van der Waals surface area contributed by atoms with Gasteiger partial charge in [-0.15, -0.1) is 0 Å². The summed E-state index contributed by atoms with van der Waals surface area (Å²) in [5.41, 5.74) is 2.18. The van der Waals surface area contributed by atoms with E-state index in [1.807, 2.05) is 44.2 Å². The van der Waals surface area contributed by atoms with Gasteiger partial charge in [0.25, 0.3) is 11.8 Å². The highest BCUT2D eigenvalue weighted by Crippen LogP contribution is 2.26. The first-order chi connectivity index (χ1) is 15.9. The Morgan fingerprint density at radius 2 is 1.70 bits per heavy atom. The van der Waals surface area contributed by atoms with Crippen molar-refractivity contribution in [2.24, 2.45) is 0 Å². The molecule has 8 heteroatoms. The van der Waals surface area contributed by atoms with Crippen molar-refractivity contribution in [1.82, 2.24) is 5.32 Å². The molecular formula is C25H24BrN3O3S. The number of anilines is 2. The minimum Gasteiger partial charge on any atom is -0.493 e. The van der Waals surface area contributed by atoms with Crippen LogP contribution in [-0.4, -0.2) is 30.1 Å². The van der Waals surface area contributed by atoms with E-state index in [2.05, 4.69) is 26.6 Å². The van der Waals surface area contributed by atoms with Gasteiger partial charge in [-0.05, 0) is 84.5 Å². The van der Waals surface area contributed by atoms with E-state index in [0.29, 0.717) is 40.2 Å². The number of ether oxygens (including phenoxy) is 1. The molecule has 0 saturated carbocycles. The number of carbonyl (C=O) groups excluding carboxylic acids is 2. The van der Waals surface area contributed by atoms with E-state index in [0.717, 1.165) is 5.69 Å². The molecule has 0 spiro atoms. The van der Waals surface area contributed by atoms with Crippen molar-refractivity contribution in [1.29, 1.82) is 0 Å². The molecule has 3 aromatic carbocycles. The number of rotatable bonds is 7. The molecule has 0 aliphatic carbocycles. The summed E-state index contributed by atoms with van der Waals surface area (Å²) in [5, 5.41) is 5.73. The lowest BCUT2D eigenvalue weighted by atomic mass is 10.1. The SMILES string of the molecule is CCOc1ccc(C(=O)NC(=S)Nc2ccccc2C(=O)N(CC)c2ccccc2)cc1Br. The van der Waals surface area contributed by atoms with Gasteiger partial charge in [-0.1, -0.05) is 30.3 Å². The van der Waals surface area contributed by atoms with Gasteiger partial charge in [0.15, 0.2) is 5.11 Å². The monoisotopic (exact) mass is 525 g/mol. The molecule has 0 saturated heterocycles. The van der Waals surface area contributed by atoms with Gasteiger partial charge in [-0.25, -0.2) is 0 Å². The van der Waals surface area contributed by atoms with Gasteiger partial charge in [0.2, 0.25) is 0 Å². The minimum absolute atomic E-state index is 0.0908. The molecule has 0 atom stereocenters. The number of carbonyl (C=O) groups is 2. The van der Waals surface area contributed by atoms with Crippen molar-refractivity contribution in [2.45, 2.75) is 13.8 Å². The third-order valence-electron chi connectivity index (χ3n) is 4.76. The Morgan fingerprint density at radius 1 is 1.00 bits per heavy atom. The van der Waals surface area contributed by atoms with Crippen LogP contribution in [0.25, 0.3) is 0 Å². The van der Waals surface area contributed by atoms with Crippen molar-refractivity contribution in [3.63, 3.8) is 0 Å². The van der Waals surface area contributed by atoms with Crippen LogP contribution in [0.3, 0.4) is 0 Å². The van der Waals surface area contributed by atoms with Gasteiger partial charge in [0, 0.05) is 17.8 Å². The average Bonchev–Trinajstić information content (AvgIpc) is 2.82. The fourth-order valence-electron chi connectivity index (χ4n) is 3.22. The van der Waals surface area contributed by atoms with Gasteiger partial charge in [0.05, 0.1) is 22.3 Å². The average molecular weight is 526 g/mol. The van der Waals surface area contributed by atoms with Gasteiger partial charge in [0.1, 0.15) is 5.75 Å². The molecule has 3 aromatic rings. The Labute approximate surface area is 207 Å². The Balaban J connectivity index is 1.74. The Hall–Kier alpha value is -3.23. The summed E-state index contributed by atoms with van der Waals surface area (Å²) in [6.45, 7) is 4.83. The van der Waals surface area contributed by atoms with Crippen LogP contribution in [-0.2, 0) is 0 Å². The number of amides is 2. The maximum Gasteiger partial charge on any atom is 0.260 e.